The first-order chi connectivity index (χ1) is 63.2. The standard InChI is InChI=1S/C65H44N2.C58H41N3/c1-5-19-45(20-6-1)46-37-39-47(40-38-46)61-44-62(67-64(66-61)48-21-7-2-8-22-48)54-28-17-26-52(43-54)50-24-15-23-49(41-50)51-25-16-27-53(42-51)57-34-18-36-60-63(57)58-33-13-14-35-59(58)65(60,55-29-9-3-10-30-55)56-31-11-4-12-32-56;1-58(2)50-28-14-27-49(56(50)55-48-26-10-9-15-38(48)29-31-51(55)58)45-24-12-22-43(34-45)41-20-11-21-42(33-41)44-23-13-25-46(35-44)53-36-54(61-57(60-53)40-18-7-4-8-19-40)47-30-32-52(59-37-47)39-16-5-3-6-17-39/h1-44H;3-37H,1-2H3. The monoisotopic (exact) mass is 1630 g/mol. The van der Waals surface area contributed by atoms with Crippen LogP contribution in [0.4, 0.5) is 0 Å². The van der Waals surface area contributed by atoms with Crippen molar-refractivity contribution in [3.05, 3.63) is 513 Å². The second-order valence-corrected chi connectivity index (χ2v) is 33.7. The number of nitrogens with zero attached hydrogens (tertiary/aromatic N) is 5. The average molecular weight is 1630 g/mol. The Balaban J connectivity index is 0.000000151. The Morgan fingerprint density at radius 1 is 0.180 bits per heavy atom. The van der Waals surface area contributed by atoms with Gasteiger partial charge in [0.15, 0.2) is 11.6 Å². The van der Waals surface area contributed by atoms with E-state index in [4.69, 9.17) is 24.9 Å². The third-order valence-corrected chi connectivity index (χ3v) is 25.7. The average Bonchev–Trinajstić information content (AvgIpc) is 1.52. The van der Waals surface area contributed by atoms with Crippen LogP contribution in [0.5, 0.6) is 0 Å². The zero-order valence-corrected chi connectivity index (χ0v) is 70.8. The van der Waals surface area contributed by atoms with Gasteiger partial charge in [-0.3, -0.25) is 4.98 Å². The summed E-state index contributed by atoms with van der Waals surface area (Å²) in [5.41, 5.74) is 40.6. The number of benzene rings is 18. The Hall–Kier alpha value is -16.5. The normalized spacial score (nSPS) is 12.4. The van der Waals surface area contributed by atoms with Crippen molar-refractivity contribution in [2.75, 3.05) is 0 Å². The van der Waals surface area contributed by atoms with Gasteiger partial charge in [0.1, 0.15) is 0 Å². The summed E-state index contributed by atoms with van der Waals surface area (Å²) in [5, 5.41) is 2.59. The summed E-state index contributed by atoms with van der Waals surface area (Å²) >= 11 is 0. The molecule has 2 aliphatic rings. The first-order valence-electron chi connectivity index (χ1n) is 43.9. The van der Waals surface area contributed by atoms with Crippen molar-refractivity contribution in [1.82, 2.24) is 24.9 Å². The molecule has 0 atom stereocenters. The van der Waals surface area contributed by atoms with Crippen molar-refractivity contribution in [2.45, 2.75) is 24.7 Å². The van der Waals surface area contributed by atoms with E-state index in [9.17, 15) is 0 Å². The van der Waals surface area contributed by atoms with E-state index < -0.39 is 5.41 Å². The molecule has 23 rings (SSSR count). The van der Waals surface area contributed by atoms with E-state index in [0.29, 0.717) is 11.6 Å². The highest BCUT2D eigenvalue weighted by Crippen LogP contribution is 2.59. The molecule has 0 saturated carbocycles. The zero-order valence-electron chi connectivity index (χ0n) is 70.8. The molecule has 0 unspecified atom stereocenters. The van der Waals surface area contributed by atoms with Crippen LogP contribution in [-0.2, 0) is 10.8 Å². The molecule has 0 amide bonds. The summed E-state index contributed by atoms with van der Waals surface area (Å²) in [5.74, 6) is 1.38. The summed E-state index contributed by atoms with van der Waals surface area (Å²) in [6, 6.07) is 170. The lowest BCUT2D eigenvalue weighted by Crippen LogP contribution is -2.28. The van der Waals surface area contributed by atoms with Crippen molar-refractivity contribution in [3.63, 3.8) is 0 Å². The Morgan fingerprint density at radius 2 is 0.500 bits per heavy atom. The van der Waals surface area contributed by atoms with E-state index in [-0.39, 0.29) is 5.41 Å². The van der Waals surface area contributed by atoms with Gasteiger partial charge in [-0.25, -0.2) is 19.9 Å². The molecular formula is C123H85N5. The van der Waals surface area contributed by atoms with Gasteiger partial charge in [0, 0.05) is 50.6 Å². The molecule has 602 valence electrons. The van der Waals surface area contributed by atoms with Crippen LogP contribution < -0.4 is 0 Å². The largest absolute Gasteiger partial charge is 0.256 e. The number of rotatable bonds is 16. The third kappa shape index (κ3) is 14.5. The van der Waals surface area contributed by atoms with Gasteiger partial charge >= 0.3 is 0 Å². The lowest BCUT2D eigenvalue weighted by atomic mass is 9.67. The van der Waals surface area contributed by atoms with Gasteiger partial charge in [-0.1, -0.05) is 426 Å². The maximum Gasteiger partial charge on any atom is 0.160 e. The number of hydrogen-bond acceptors (Lipinski definition) is 5. The maximum atomic E-state index is 5.17. The molecule has 0 bridgehead atoms. The van der Waals surface area contributed by atoms with Gasteiger partial charge < -0.3 is 0 Å². The molecule has 0 saturated heterocycles. The molecule has 5 heteroatoms. The van der Waals surface area contributed by atoms with Gasteiger partial charge in [-0.2, -0.15) is 0 Å². The van der Waals surface area contributed by atoms with Crippen molar-refractivity contribution in [1.29, 1.82) is 0 Å². The maximum absolute atomic E-state index is 5.17. The lowest BCUT2D eigenvalue weighted by molar-refractivity contribution is 0.661. The van der Waals surface area contributed by atoms with Crippen LogP contribution in [0.15, 0.2) is 479 Å². The van der Waals surface area contributed by atoms with Crippen LogP contribution in [0.3, 0.4) is 0 Å². The topological polar surface area (TPSA) is 64.5 Å². The van der Waals surface area contributed by atoms with Gasteiger partial charge in [-0.15, -0.1) is 0 Å². The minimum atomic E-state index is -0.449. The lowest BCUT2D eigenvalue weighted by Gasteiger charge is -2.34. The Morgan fingerprint density at radius 3 is 0.992 bits per heavy atom. The highest BCUT2D eigenvalue weighted by atomic mass is 14.9. The van der Waals surface area contributed by atoms with Crippen molar-refractivity contribution >= 4 is 10.8 Å². The molecular weight excluding hydrogens is 1550 g/mol. The van der Waals surface area contributed by atoms with Crippen LogP contribution in [0.2, 0.25) is 0 Å². The van der Waals surface area contributed by atoms with Crippen molar-refractivity contribution in [3.8, 4) is 179 Å². The smallest absolute Gasteiger partial charge is 0.160 e. The predicted octanol–water partition coefficient (Wildman–Crippen LogP) is 31.5. The van der Waals surface area contributed by atoms with Gasteiger partial charge in [0.05, 0.1) is 33.9 Å². The van der Waals surface area contributed by atoms with Gasteiger partial charge in [0.25, 0.3) is 0 Å². The van der Waals surface area contributed by atoms with E-state index in [1.165, 1.54) is 116 Å². The molecule has 0 fully saturated rings. The summed E-state index contributed by atoms with van der Waals surface area (Å²) in [6.45, 7) is 4.72. The number of pyridine rings is 1. The van der Waals surface area contributed by atoms with Crippen LogP contribution >= 0.6 is 0 Å². The zero-order chi connectivity index (χ0) is 85.5. The Bertz CT molecular complexity index is 7680. The molecule has 0 N–H and O–H groups in total. The van der Waals surface area contributed by atoms with Crippen LogP contribution in [0.1, 0.15) is 47.2 Å². The molecule has 18 aromatic carbocycles. The quantitative estimate of drug-likeness (QED) is 0.0964. The minimum Gasteiger partial charge on any atom is -0.256 e. The summed E-state index contributed by atoms with van der Waals surface area (Å²) in [4.78, 5) is 25.3. The molecule has 5 nitrogen and oxygen atoms in total. The first kappa shape index (κ1) is 77.6. The molecule has 128 heavy (non-hydrogen) atoms. The fraction of sp³-hybridized carbons (Fsp3) is 0.0325. The fourth-order valence-electron chi connectivity index (χ4n) is 19.4. The summed E-state index contributed by atoms with van der Waals surface area (Å²) < 4.78 is 0. The van der Waals surface area contributed by atoms with E-state index in [1.807, 2.05) is 66.9 Å². The van der Waals surface area contributed by atoms with E-state index >= 15 is 0 Å². The summed E-state index contributed by atoms with van der Waals surface area (Å²) in [7, 11) is 0. The number of hydrogen-bond donors (Lipinski definition) is 0. The molecule has 0 aliphatic heterocycles. The van der Waals surface area contributed by atoms with Crippen molar-refractivity contribution in [2.24, 2.45) is 0 Å². The van der Waals surface area contributed by atoms with Gasteiger partial charge in [-0.05, 0) is 205 Å². The number of fused-ring (bicyclic) bond motifs is 8. The fourth-order valence-corrected chi connectivity index (χ4v) is 19.4. The SMILES string of the molecule is CC1(C)c2cccc(-c3cccc(-c4cccc(-c5cccc(-c6cc(-c7ccc(-c8ccccc8)nc7)nc(-c7ccccc7)n6)c5)c4)c3)c2-c2c1ccc1ccccc21.c1ccc(-c2ccc(-c3cc(-c4cccc(-c5cccc(-c6cccc(-c7cccc8c7-c7ccccc7C8(c7ccccc7)c7ccccc7)c6)c5)c4)nc(-c4ccccc4)n3)cc2)cc1. The third-order valence-electron chi connectivity index (χ3n) is 25.7. The first-order valence-corrected chi connectivity index (χ1v) is 43.9. The van der Waals surface area contributed by atoms with E-state index in [1.54, 1.807) is 0 Å². The van der Waals surface area contributed by atoms with Crippen LogP contribution in [-0.4, -0.2) is 24.9 Å². The minimum absolute atomic E-state index is 0.0903. The Kier molecular flexibility index (Phi) is 20.2. The second kappa shape index (κ2) is 33.3. The van der Waals surface area contributed by atoms with Crippen LogP contribution in [0.25, 0.3) is 190 Å². The van der Waals surface area contributed by atoms with E-state index in [2.05, 4.69) is 426 Å². The second-order valence-electron chi connectivity index (χ2n) is 33.7. The van der Waals surface area contributed by atoms with Crippen LogP contribution in [0, 0.1) is 0 Å². The summed E-state index contributed by atoms with van der Waals surface area (Å²) in [6.07, 6.45) is 1.91. The number of aromatic nitrogens is 5. The molecule has 0 spiro atoms. The predicted molar refractivity (Wildman–Crippen MR) is 530 cm³/mol. The molecule has 0 radical (unpaired) electrons. The van der Waals surface area contributed by atoms with Crippen molar-refractivity contribution < 1.29 is 0 Å². The molecule has 21 aromatic rings. The molecule has 2 aliphatic carbocycles. The van der Waals surface area contributed by atoms with Gasteiger partial charge in [0.2, 0.25) is 0 Å². The van der Waals surface area contributed by atoms with E-state index in [0.717, 1.165) is 95.2 Å². The molecule has 3 heterocycles. The highest BCUT2D eigenvalue weighted by molar-refractivity contribution is 6.07. The molecule has 3 aromatic heterocycles. The highest BCUT2D eigenvalue weighted by Gasteiger charge is 2.47. The Labute approximate surface area is 747 Å².